The topological polar surface area (TPSA) is 73.4 Å². The standard InChI is InChI=1S/C22H24N4O2.ClH/c1-28-19-9-7-18(8-10-19)26-12-11-21(24-26)22(27)25-14-17(13-23)20(15-25)16-5-3-2-4-6-16;/h2-12,17,20H,13-15,23H2,1H3;1H/t17-,20+;/m1./s1. The van der Waals surface area contributed by atoms with Crippen molar-refractivity contribution in [2.45, 2.75) is 5.92 Å². The molecule has 1 fully saturated rings. The third kappa shape index (κ3) is 4.28. The molecule has 4 rings (SSSR count). The van der Waals surface area contributed by atoms with Gasteiger partial charge in [0.1, 0.15) is 5.75 Å². The number of carbonyl (C=O) groups excluding carboxylic acids is 1. The van der Waals surface area contributed by atoms with Crippen LogP contribution in [0.4, 0.5) is 0 Å². The monoisotopic (exact) mass is 412 g/mol. The van der Waals surface area contributed by atoms with E-state index in [1.807, 2.05) is 47.4 Å². The molecule has 1 aromatic heterocycles. The molecule has 1 aliphatic rings. The van der Waals surface area contributed by atoms with E-state index in [4.69, 9.17) is 10.5 Å². The zero-order valence-corrected chi connectivity index (χ0v) is 17.1. The van der Waals surface area contributed by atoms with Crippen molar-refractivity contribution >= 4 is 18.3 Å². The summed E-state index contributed by atoms with van der Waals surface area (Å²) in [6.45, 7) is 1.88. The Morgan fingerprint density at radius 2 is 1.83 bits per heavy atom. The predicted molar refractivity (Wildman–Crippen MR) is 115 cm³/mol. The average molecular weight is 413 g/mol. The van der Waals surface area contributed by atoms with Crippen LogP contribution in [0.5, 0.6) is 5.75 Å². The third-order valence-corrected chi connectivity index (χ3v) is 5.40. The Morgan fingerprint density at radius 3 is 2.48 bits per heavy atom. The van der Waals surface area contributed by atoms with Crippen molar-refractivity contribution in [3.63, 3.8) is 0 Å². The number of aromatic nitrogens is 2. The lowest BCUT2D eigenvalue weighted by Gasteiger charge is -2.16. The van der Waals surface area contributed by atoms with Gasteiger partial charge in [-0.3, -0.25) is 4.79 Å². The second kappa shape index (κ2) is 9.11. The summed E-state index contributed by atoms with van der Waals surface area (Å²) in [6, 6.07) is 19.6. The molecule has 29 heavy (non-hydrogen) atoms. The predicted octanol–water partition coefficient (Wildman–Crippen LogP) is 3.12. The highest BCUT2D eigenvalue weighted by Crippen LogP contribution is 2.32. The lowest BCUT2D eigenvalue weighted by atomic mass is 9.89. The number of hydrogen-bond acceptors (Lipinski definition) is 4. The first kappa shape index (κ1) is 20.9. The minimum absolute atomic E-state index is 0. The van der Waals surface area contributed by atoms with Gasteiger partial charge in [0.05, 0.1) is 12.8 Å². The number of benzene rings is 2. The van der Waals surface area contributed by atoms with E-state index in [9.17, 15) is 4.79 Å². The molecule has 7 heteroatoms. The molecule has 0 spiro atoms. The number of halogens is 1. The summed E-state index contributed by atoms with van der Waals surface area (Å²) in [7, 11) is 1.63. The molecule has 2 heterocycles. The van der Waals surface area contributed by atoms with Crippen molar-refractivity contribution in [2.75, 3.05) is 26.7 Å². The zero-order chi connectivity index (χ0) is 19.5. The number of rotatable bonds is 5. The van der Waals surface area contributed by atoms with Crippen LogP contribution in [0.25, 0.3) is 5.69 Å². The van der Waals surface area contributed by atoms with Crippen LogP contribution in [0.1, 0.15) is 22.0 Å². The first-order chi connectivity index (χ1) is 13.7. The first-order valence-electron chi connectivity index (χ1n) is 9.44. The molecular formula is C22H25ClN4O2. The van der Waals surface area contributed by atoms with Crippen molar-refractivity contribution in [3.8, 4) is 11.4 Å². The van der Waals surface area contributed by atoms with Gasteiger partial charge in [-0.25, -0.2) is 4.68 Å². The van der Waals surface area contributed by atoms with Crippen molar-refractivity contribution < 1.29 is 9.53 Å². The van der Waals surface area contributed by atoms with Gasteiger partial charge in [-0.05, 0) is 48.4 Å². The fourth-order valence-electron chi connectivity index (χ4n) is 3.83. The molecule has 0 bridgehead atoms. The smallest absolute Gasteiger partial charge is 0.274 e. The molecule has 0 saturated carbocycles. The van der Waals surface area contributed by atoms with Gasteiger partial charge in [-0.2, -0.15) is 5.10 Å². The fourth-order valence-corrected chi connectivity index (χ4v) is 3.83. The van der Waals surface area contributed by atoms with E-state index in [0.717, 1.165) is 11.4 Å². The highest BCUT2D eigenvalue weighted by Gasteiger charge is 2.36. The molecule has 2 N–H and O–H groups in total. The van der Waals surface area contributed by atoms with Gasteiger partial charge in [0.2, 0.25) is 0 Å². The maximum absolute atomic E-state index is 13.0. The second-order valence-electron chi connectivity index (χ2n) is 7.07. The molecular weight excluding hydrogens is 388 g/mol. The van der Waals surface area contributed by atoms with E-state index < -0.39 is 0 Å². The molecule has 0 aliphatic carbocycles. The number of hydrogen-bond donors (Lipinski definition) is 1. The minimum atomic E-state index is -0.0517. The number of ether oxygens (including phenoxy) is 1. The largest absolute Gasteiger partial charge is 0.497 e. The lowest BCUT2D eigenvalue weighted by Crippen LogP contribution is -2.30. The highest BCUT2D eigenvalue weighted by molar-refractivity contribution is 5.92. The Kier molecular flexibility index (Phi) is 6.56. The van der Waals surface area contributed by atoms with Crippen molar-refractivity contribution in [2.24, 2.45) is 11.7 Å². The van der Waals surface area contributed by atoms with E-state index >= 15 is 0 Å². The van der Waals surface area contributed by atoms with Crippen LogP contribution in [0.15, 0.2) is 66.9 Å². The molecule has 1 saturated heterocycles. The number of likely N-dealkylation sites (tertiary alicyclic amines) is 1. The molecule has 0 unspecified atom stereocenters. The molecule has 2 aromatic carbocycles. The zero-order valence-electron chi connectivity index (χ0n) is 16.3. The van der Waals surface area contributed by atoms with E-state index in [-0.39, 0.29) is 30.2 Å². The molecule has 152 valence electrons. The van der Waals surface area contributed by atoms with E-state index in [1.54, 1.807) is 24.1 Å². The molecule has 1 aliphatic heterocycles. The molecule has 2 atom stereocenters. The van der Waals surface area contributed by atoms with E-state index in [2.05, 4.69) is 17.2 Å². The van der Waals surface area contributed by atoms with Crippen LogP contribution in [-0.4, -0.2) is 47.3 Å². The quantitative estimate of drug-likeness (QED) is 0.698. The first-order valence-corrected chi connectivity index (χ1v) is 9.44. The van der Waals surface area contributed by atoms with Crippen LogP contribution in [-0.2, 0) is 0 Å². The van der Waals surface area contributed by atoms with Crippen LogP contribution in [0, 0.1) is 5.92 Å². The van der Waals surface area contributed by atoms with Gasteiger partial charge in [0.15, 0.2) is 5.69 Å². The number of amides is 1. The van der Waals surface area contributed by atoms with E-state index in [0.29, 0.717) is 25.3 Å². The summed E-state index contributed by atoms with van der Waals surface area (Å²) in [5, 5.41) is 4.48. The number of methoxy groups -OCH3 is 1. The Morgan fingerprint density at radius 1 is 1.10 bits per heavy atom. The van der Waals surface area contributed by atoms with Crippen LogP contribution >= 0.6 is 12.4 Å². The highest BCUT2D eigenvalue weighted by atomic mass is 35.5. The normalized spacial score (nSPS) is 18.3. The molecule has 6 nitrogen and oxygen atoms in total. The lowest BCUT2D eigenvalue weighted by molar-refractivity contribution is 0.0780. The van der Waals surface area contributed by atoms with Crippen LogP contribution in [0.2, 0.25) is 0 Å². The molecule has 1 amide bonds. The van der Waals surface area contributed by atoms with Gasteiger partial charge in [0.25, 0.3) is 5.91 Å². The average Bonchev–Trinajstić information content (AvgIpc) is 3.41. The van der Waals surface area contributed by atoms with Gasteiger partial charge in [-0.15, -0.1) is 12.4 Å². The summed E-state index contributed by atoms with van der Waals surface area (Å²) in [5.74, 6) is 1.25. The summed E-state index contributed by atoms with van der Waals surface area (Å²) in [6.07, 6.45) is 1.81. The summed E-state index contributed by atoms with van der Waals surface area (Å²) < 4.78 is 6.89. The van der Waals surface area contributed by atoms with Gasteiger partial charge in [-0.1, -0.05) is 30.3 Å². The Bertz CT molecular complexity index is 943. The summed E-state index contributed by atoms with van der Waals surface area (Å²) in [5.41, 5.74) is 8.55. The summed E-state index contributed by atoms with van der Waals surface area (Å²) in [4.78, 5) is 14.9. The SMILES string of the molecule is COc1ccc(-n2ccc(C(=O)N3C[C@@H](CN)[C@H](c4ccccc4)C3)n2)cc1.Cl. The Hall–Kier alpha value is -2.83. The van der Waals surface area contributed by atoms with Gasteiger partial charge < -0.3 is 15.4 Å². The van der Waals surface area contributed by atoms with Crippen LogP contribution in [0.3, 0.4) is 0 Å². The third-order valence-electron chi connectivity index (χ3n) is 5.40. The van der Waals surface area contributed by atoms with Crippen molar-refractivity contribution in [1.82, 2.24) is 14.7 Å². The van der Waals surface area contributed by atoms with E-state index in [1.165, 1.54) is 5.56 Å². The Labute approximate surface area is 176 Å². The van der Waals surface area contributed by atoms with Crippen molar-refractivity contribution in [3.05, 3.63) is 78.1 Å². The molecule has 0 radical (unpaired) electrons. The second-order valence-corrected chi connectivity index (χ2v) is 7.07. The van der Waals surface area contributed by atoms with Gasteiger partial charge in [0, 0.05) is 25.2 Å². The number of nitrogens with zero attached hydrogens (tertiary/aromatic N) is 3. The van der Waals surface area contributed by atoms with Gasteiger partial charge >= 0.3 is 0 Å². The fraction of sp³-hybridized carbons (Fsp3) is 0.273. The maximum atomic E-state index is 13.0. The Balaban J connectivity index is 0.00000240. The number of nitrogens with two attached hydrogens (primary N) is 1. The number of carbonyl (C=O) groups is 1. The van der Waals surface area contributed by atoms with Crippen LogP contribution < -0.4 is 10.5 Å². The van der Waals surface area contributed by atoms with Crippen molar-refractivity contribution in [1.29, 1.82) is 0 Å². The minimum Gasteiger partial charge on any atom is -0.497 e. The molecule has 3 aromatic rings. The summed E-state index contributed by atoms with van der Waals surface area (Å²) >= 11 is 0. The maximum Gasteiger partial charge on any atom is 0.274 e.